The molecular formula is C7H8N3+. The third-order valence-electron chi connectivity index (χ3n) is 1.41. The van der Waals surface area contributed by atoms with Crippen molar-refractivity contribution in [3.63, 3.8) is 0 Å². The third kappa shape index (κ3) is 0.960. The number of hydrogen-bond acceptors (Lipinski definition) is 2. The van der Waals surface area contributed by atoms with Gasteiger partial charge in [-0.1, -0.05) is 0 Å². The van der Waals surface area contributed by atoms with Crippen molar-refractivity contribution in [2.75, 3.05) is 0 Å². The maximum Gasteiger partial charge on any atom is 0.408 e. The smallest absolute Gasteiger partial charge is 0.253 e. The summed E-state index contributed by atoms with van der Waals surface area (Å²) in [6, 6.07) is 1.81. The Morgan fingerprint density at radius 2 is 2.20 bits per heavy atom. The zero-order valence-corrected chi connectivity index (χ0v) is 6.00. The Morgan fingerprint density at radius 1 is 1.50 bits per heavy atom. The standard InChI is InChI=1S/C7H8N3/c1-5-3-4-9-6(2)7(5)10-8/h3-4H,1-2H3/q+1. The van der Waals surface area contributed by atoms with Crippen LogP contribution in [-0.4, -0.2) is 4.98 Å². The molecular weight excluding hydrogens is 126 g/mol. The van der Waals surface area contributed by atoms with Gasteiger partial charge in [0.05, 0.1) is 0 Å². The molecule has 0 atom stereocenters. The van der Waals surface area contributed by atoms with Gasteiger partial charge in [-0.2, -0.15) is 0 Å². The lowest BCUT2D eigenvalue weighted by molar-refractivity contribution is 1.18. The molecule has 0 saturated heterocycles. The lowest BCUT2D eigenvalue weighted by Crippen LogP contribution is -1.81. The Hall–Kier alpha value is -1.43. The van der Waals surface area contributed by atoms with Crippen molar-refractivity contribution < 1.29 is 0 Å². The Bertz CT molecular complexity index is 265. The monoisotopic (exact) mass is 134 g/mol. The van der Waals surface area contributed by atoms with Crippen LogP contribution >= 0.6 is 0 Å². The number of nitrogens with zero attached hydrogens (tertiary/aromatic N) is 3. The maximum absolute atomic E-state index is 8.48. The molecule has 0 spiro atoms. The van der Waals surface area contributed by atoms with Gasteiger partial charge in [-0.25, -0.2) is 0 Å². The van der Waals surface area contributed by atoms with E-state index in [4.69, 9.17) is 5.39 Å². The molecule has 0 aromatic carbocycles. The molecule has 1 aromatic rings. The van der Waals surface area contributed by atoms with Crippen LogP contribution in [0.2, 0.25) is 0 Å². The van der Waals surface area contributed by atoms with Crippen LogP contribution in [0.4, 0.5) is 5.69 Å². The van der Waals surface area contributed by atoms with Gasteiger partial charge in [0.1, 0.15) is 5.69 Å². The zero-order chi connectivity index (χ0) is 7.56. The van der Waals surface area contributed by atoms with Gasteiger partial charge in [0, 0.05) is 11.8 Å². The average molecular weight is 134 g/mol. The first-order valence-corrected chi connectivity index (χ1v) is 3.03. The van der Waals surface area contributed by atoms with Crippen LogP contribution in [0.3, 0.4) is 0 Å². The quantitative estimate of drug-likeness (QED) is 0.510. The molecule has 0 aliphatic carbocycles. The van der Waals surface area contributed by atoms with E-state index in [1.54, 1.807) is 6.20 Å². The highest BCUT2D eigenvalue weighted by Crippen LogP contribution is 2.19. The van der Waals surface area contributed by atoms with E-state index in [1.165, 1.54) is 0 Å². The summed E-state index contributed by atoms with van der Waals surface area (Å²) in [6.07, 6.45) is 1.69. The Balaban J connectivity index is 3.34. The molecule has 3 nitrogen and oxygen atoms in total. The fraction of sp³-hybridized carbons (Fsp3) is 0.286. The highest BCUT2D eigenvalue weighted by Gasteiger charge is 2.13. The van der Waals surface area contributed by atoms with Crippen molar-refractivity contribution >= 4 is 5.69 Å². The zero-order valence-electron chi connectivity index (χ0n) is 6.00. The van der Waals surface area contributed by atoms with E-state index in [2.05, 4.69) is 9.96 Å². The van der Waals surface area contributed by atoms with Gasteiger partial charge < -0.3 is 0 Å². The molecule has 0 radical (unpaired) electrons. The SMILES string of the molecule is Cc1ccnc(C)c1[N+]#N. The molecule has 50 valence electrons. The molecule has 0 unspecified atom stereocenters. The van der Waals surface area contributed by atoms with Gasteiger partial charge in [0.2, 0.25) is 5.39 Å². The number of aromatic nitrogens is 1. The predicted octanol–water partition coefficient (Wildman–Crippen LogP) is 2.18. The van der Waals surface area contributed by atoms with Gasteiger partial charge in [0.15, 0.2) is 4.98 Å². The number of hydrogen-bond donors (Lipinski definition) is 0. The Morgan fingerprint density at radius 3 is 2.60 bits per heavy atom. The van der Waals surface area contributed by atoms with Crippen molar-refractivity contribution in [1.82, 2.24) is 4.98 Å². The molecule has 0 bridgehead atoms. The Labute approximate surface area is 59.3 Å². The van der Waals surface area contributed by atoms with E-state index in [9.17, 15) is 0 Å². The second-order valence-corrected chi connectivity index (χ2v) is 2.16. The van der Waals surface area contributed by atoms with Crippen LogP contribution in [0.25, 0.3) is 4.98 Å². The number of diazo groups is 1. The third-order valence-corrected chi connectivity index (χ3v) is 1.41. The molecule has 1 aromatic heterocycles. The summed E-state index contributed by atoms with van der Waals surface area (Å²) < 4.78 is 0. The topological polar surface area (TPSA) is 41.0 Å². The van der Waals surface area contributed by atoms with Gasteiger partial charge in [0.25, 0.3) is 0 Å². The second-order valence-electron chi connectivity index (χ2n) is 2.16. The van der Waals surface area contributed by atoms with Crippen LogP contribution in [-0.2, 0) is 0 Å². The Kier molecular flexibility index (Phi) is 1.63. The largest absolute Gasteiger partial charge is 0.408 e. The van der Waals surface area contributed by atoms with Crippen LogP contribution in [0.15, 0.2) is 12.3 Å². The van der Waals surface area contributed by atoms with Crippen LogP contribution in [0, 0.1) is 19.2 Å². The molecule has 0 saturated carbocycles. The van der Waals surface area contributed by atoms with E-state index in [0.717, 1.165) is 11.3 Å². The van der Waals surface area contributed by atoms with Crippen molar-refractivity contribution in [3.8, 4) is 0 Å². The highest BCUT2D eigenvalue weighted by atomic mass is 14.9. The number of rotatable bonds is 0. The average Bonchev–Trinajstić information content (AvgIpc) is 1.88. The van der Waals surface area contributed by atoms with Gasteiger partial charge in [-0.05, 0) is 19.9 Å². The minimum Gasteiger partial charge on any atom is -0.253 e. The van der Waals surface area contributed by atoms with Gasteiger partial charge >= 0.3 is 5.69 Å². The van der Waals surface area contributed by atoms with Crippen LogP contribution in [0.5, 0.6) is 0 Å². The molecule has 0 aliphatic rings. The fourth-order valence-corrected chi connectivity index (χ4v) is 0.838. The highest BCUT2D eigenvalue weighted by molar-refractivity contribution is 5.53. The molecule has 0 N–H and O–H groups in total. The minimum atomic E-state index is 0.572. The summed E-state index contributed by atoms with van der Waals surface area (Å²) in [6.45, 7) is 3.69. The van der Waals surface area contributed by atoms with Crippen LogP contribution < -0.4 is 0 Å². The predicted molar refractivity (Wildman–Crippen MR) is 38.5 cm³/mol. The summed E-state index contributed by atoms with van der Waals surface area (Å²) in [5.41, 5.74) is 2.26. The summed E-state index contributed by atoms with van der Waals surface area (Å²) in [4.78, 5) is 7.06. The van der Waals surface area contributed by atoms with Crippen molar-refractivity contribution in [1.29, 1.82) is 5.39 Å². The molecule has 1 heterocycles. The molecule has 10 heavy (non-hydrogen) atoms. The normalized spacial score (nSPS) is 8.90. The van der Waals surface area contributed by atoms with Crippen molar-refractivity contribution in [2.45, 2.75) is 13.8 Å². The van der Waals surface area contributed by atoms with E-state index >= 15 is 0 Å². The van der Waals surface area contributed by atoms with E-state index in [-0.39, 0.29) is 0 Å². The van der Waals surface area contributed by atoms with Crippen molar-refractivity contribution in [2.24, 2.45) is 0 Å². The summed E-state index contributed by atoms with van der Waals surface area (Å²) in [5, 5.41) is 8.48. The first kappa shape index (κ1) is 6.69. The maximum atomic E-state index is 8.48. The van der Waals surface area contributed by atoms with Gasteiger partial charge in [-0.15, -0.1) is 0 Å². The first-order chi connectivity index (χ1) is 4.75. The molecule has 0 aliphatic heterocycles. The van der Waals surface area contributed by atoms with E-state index < -0.39 is 0 Å². The molecule has 0 fully saturated rings. The lowest BCUT2D eigenvalue weighted by atomic mass is 10.2. The fourth-order valence-electron chi connectivity index (χ4n) is 0.838. The minimum absolute atomic E-state index is 0.572. The molecule has 3 heteroatoms. The summed E-state index contributed by atoms with van der Waals surface area (Å²) in [5.74, 6) is 0. The summed E-state index contributed by atoms with van der Waals surface area (Å²) >= 11 is 0. The van der Waals surface area contributed by atoms with E-state index in [1.807, 2.05) is 19.9 Å². The first-order valence-electron chi connectivity index (χ1n) is 3.03. The van der Waals surface area contributed by atoms with Crippen molar-refractivity contribution in [3.05, 3.63) is 28.5 Å². The molecule has 1 rings (SSSR count). The lowest BCUT2D eigenvalue weighted by Gasteiger charge is -1.87. The number of aryl methyl sites for hydroxylation is 2. The molecule has 0 amide bonds. The van der Waals surface area contributed by atoms with Gasteiger partial charge in [-0.3, -0.25) is 4.98 Å². The summed E-state index contributed by atoms with van der Waals surface area (Å²) in [7, 11) is 0. The van der Waals surface area contributed by atoms with E-state index in [0.29, 0.717) is 5.69 Å². The second kappa shape index (κ2) is 2.44. The van der Waals surface area contributed by atoms with Crippen LogP contribution in [0.1, 0.15) is 11.3 Å². The number of pyridine rings is 1.